The van der Waals surface area contributed by atoms with Crippen LogP contribution < -0.4 is 16.0 Å². The molecule has 24 heavy (non-hydrogen) atoms. The van der Waals surface area contributed by atoms with Gasteiger partial charge in [0.25, 0.3) is 0 Å². The Morgan fingerprint density at radius 1 is 1.29 bits per heavy atom. The molecule has 0 radical (unpaired) electrons. The Kier molecular flexibility index (Phi) is 6.60. The number of aromatic nitrogens is 3. The van der Waals surface area contributed by atoms with E-state index in [0.717, 1.165) is 30.0 Å². The van der Waals surface area contributed by atoms with Gasteiger partial charge in [0, 0.05) is 31.5 Å². The van der Waals surface area contributed by atoms with E-state index in [1.165, 1.54) is 0 Å². The smallest absolute Gasteiger partial charge is 0.320 e. The van der Waals surface area contributed by atoms with Crippen LogP contribution in [0.25, 0.3) is 0 Å². The fourth-order valence-electron chi connectivity index (χ4n) is 2.53. The maximum atomic E-state index is 12.1. The first kappa shape index (κ1) is 17.8. The first-order chi connectivity index (χ1) is 11.6. The number of carbonyl (C=O) groups excluding carboxylic acids is 1. The van der Waals surface area contributed by atoms with E-state index in [4.69, 9.17) is 0 Å². The molecule has 0 fully saturated rings. The molecule has 7 heteroatoms. The topological polar surface area (TPSA) is 83.9 Å². The molecule has 2 heterocycles. The summed E-state index contributed by atoms with van der Waals surface area (Å²) in [6.07, 6.45) is 5.42. The fraction of sp³-hybridized carbons (Fsp3) is 0.471. The minimum atomic E-state index is -0.227. The predicted molar refractivity (Wildman–Crippen MR) is 96.3 cm³/mol. The van der Waals surface area contributed by atoms with Gasteiger partial charge >= 0.3 is 6.03 Å². The van der Waals surface area contributed by atoms with Gasteiger partial charge in [-0.25, -0.2) is 9.48 Å². The molecule has 3 N–H and O–H groups in total. The van der Waals surface area contributed by atoms with Crippen molar-refractivity contribution in [3.63, 3.8) is 0 Å². The van der Waals surface area contributed by atoms with Crippen molar-refractivity contribution in [2.45, 2.75) is 39.7 Å². The van der Waals surface area contributed by atoms with Gasteiger partial charge in [0.1, 0.15) is 5.82 Å². The van der Waals surface area contributed by atoms with Crippen molar-refractivity contribution in [3.05, 3.63) is 36.3 Å². The van der Waals surface area contributed by atoms with Crippen molar-refractivity contribution in [1.29, 1.82) is 0 Å². The largest absolute Gasteiger partial charge is 0.382 e. The highest BCUT2D eigenvalue weighted by Gasteiger charge is 2.14. The van der Waals surface area contributed by atoms with Gasteiger partial charge in [0.2, 0.25) is 0 Å². The summed E-state index contributed by atoms with van der Waals surface area (Å²) >= 11 is 0. The summed E-state index contributed by atoms with van der Waals surface area (Å²) in [6.45, 7) is 7.32. The van der Waals surface area contributed by atoms with Crippen LogP contribution in [0.2, 0.25) is 0 Å². The summed E-state index contributed by atoms with van der Waals surface area (Å²) < 4.78 is 1.91. The Hall–Kier alpha value is -2.57. The molecule has 130 valence electrons. The Labute approximate surface area is 142 Å². The number of hydrogen-bond donors (Lipinski definition) is 3. The second-order valence-corrected chi connectivity index (χ2v) is 5.64. The van der Waals surface area contributed by atoms with Crippen LogP contribution in [0.15, 0.2) is 30.6 Å². The van der Waals surface area contributed by atoms with Gasteiger partial charge in [0.15, 0.2) is 0 Å². The van der Waals surface area contributed by atoms with Crippen LogP contribution in [0.4, 0.5) is 16.3 Å². The third kappa shape index (κ3) is 4.97. The molecule has 0 aliphatic carbocycles. The van der Waals surface area contributed by atoms with Crippen LogP contribution in [-0.4, -0.2) is 33.9 Å². The van der Waals surface area contributed by atoms with E-state index in [9.17, 15) is 4.79 Å². The lowest BCUT2D eigenvalue weighted by Gasteiger charge is -2.17. The molecule has 2 amide bonds. The minimum absolute atomic E-state index is 0.227. The standard InChI is InChI=1S/C17H26N6O/c1-4-15(5-2)23-16(11-13(3)22-23)21-17(24)20-10-9-19-14-7-6-8-18-12-14/h6-8,11-12,15,19H,4-5,9-10H2,1-3H3,(H2,20,21,24). The van der Waals surface area contributed by atoms with Crippen LogP contribution in [0.3, 0.4) is 0 Å². The number of carbonyl (C=O) groups is 1. The molecule has 2 aromatic heterocycles. The van der Waals surface area contributed by atoms with E-state index < -0.39 is 0 Å². The number of nitrogens with zero attached hydrogens (tertiary/aromatic N) is 3. The molecule has 0 spiro atoms. The molecule has 0 atom stereocenters. The molecule has 7 nitrogen and oxygen atoms in total. The van der Waals surface area contributed by atoms with Crippen LogP contribution >= 0.6 is 0 Å². The lowest BCUT2D eigenvalue weighted by molar-refractivity contribution is 0.252. The van der Waals surface area contributed by atoms with E-state index in [2.05, 4.69) is 39.9 Å². The van der Waals surface area contributed by atoms with Gasteiger partial charge in [0.05, 0.1) is 17.4 Å². The summed E-state index contributed by atoms with van der Waals surface area (Å²) in [5.74, 6) is 0.735. The molecular weight excluding hydrogens is 304 g/mol. The second kappa shape index (κ2) is 8.90. The highest BCUT2D eigenvalue weighted by molar-refractivity contribution is 5.88. The number of aryl methyl sites for hydroxylation is 1. The van der Waals surface area contributed by atoms with Gasteiger partial charge in [-0.05, 0) is 31.9 Å². The summed E-state index contributed by atoms with van der Waals surface area (Å²) in [6, 6.07) is 5.76. The summed E-state index contributed by atoms with van der Waals surface area (Å²) in [5, 5.41) is 13.4. The average Bonchev–Trinajstić information content (AvgIpc) is 2.94. The quantitative estimate of drug-likeness (QED) is 0.649. The first-order valence-electron chi connectivity index (χ1n) is 8.39. The molecule has 0 saturated carbocycles. The summed E-state index contributed by atoms with van der Waals surface area (Å²) in [7, 11) is 0. The van der Waals surface area contributed by atoms with E-state index in [-0.39, 0.29) is 6.03 Å². The molecule has 2 aromatic rings. The molecule has 0 unspecified atom stereocenters. The van der Waals surface area contributed by atoms with Gasteiger partial charge in [-0.15, -0.1) is 0 Å². The predicted octanol–water partition coefficient (Wildman–Crippen LogP) is 3.18. The third-order valence-electron chi connectivity index (χ3n) is 3.79. The number of rotatable bonds is 8. The Morgan fingerprint density at radius 2 is 2.08 bits per heavy atom. The highest BCUT2D eigenvalue weighted by atomic mass is 16.2. The van der Waals surface area contributed by atoms with Gasteiger partial charge in [-0.2, -0.15) is 5.10 Å². The SMILES string of the molecule is CCC(CC)n1nc(C)cc1NC(=O)NCCNc1cccnc1. The molecule has 0 aromatic carbocycles. The lowest BCUT2D eigenvalue weighted by atomic mass is 10.2. The second-order valence-electron chi connectivity index (χ2n) is 5.64. The molecule has 0 aliphatic rings. The number of urea groups is 1. The number of pyridine rings is 1. The normalized spacial score (nSPS) is 10.7. The first-order valence-corrected chi connectivity index (χ1v) is 8.39. The van der Waals surface area contributed by atoms with Crippen molar-refractivity contribution < 1.29 is 4.79 Å². The molecule has 0 bridgehead atoms. The molecular formula is C17H26N6O. The maximum absolute atomic E-state index is 12.1. The van der Waals surface area contributed by atoms with E-state index >= 15 is 0 Å². The summed E-state index contributed by atoms with van der Waals surface area (Å²) in [5.41, 5.74) is 1.83. The van der Waals surface area contributed by atoms with E-state index in [1.807, 2.05) is 29.8 Å². The zero-order chi connectivity index (χ0) is 17.4. The van der Waals surface area contributed by atoms with Crippen molar-refractivity contribution in [3.8, 4) is 0 Å². The van der Waals surface area contributed by atoms with Crippen LogP contribution in [-0.2, 0) is 0 Å². The van der Waals surface area contributed by atoms with Crippen LogP contribution in [0.5, 0.6) is 0 Å². The average molecular weight is 330 g/mol. The Bertz CT molecular complexity index is 636. The van der Waals surface area contributed by atoms with Crippen molar-refractivity contribution >= 4 is 17.5 Å². The Morgan fingerprint density at radius 3 is 2.75 bits per heavy atom. The van der Waals surface area contributed by atoms with Crippen molar-refractivity contribution in [1.82, 2.24) is 20.1 Å². The van der Waals surface area contributed by atoms with Crippen molar-refractivity contribution in [2.24, 2.45) is 0 Å². The zero-order valence-electron chi connectivity index (χ0n) is 14.5. The number of amides is 2. The van der Waals surface area contributed by atoms with E-state index in [1.54, 1.807) is 12.4 Å². The molecule has 2 rings (SSSR count). The van der Waals surface area contributed by atoms with Crippen LogP contribution in [0.1, 0.15) is 38.4 Å². The van der Waals surface area contributed by atoms with Crippen LogP contribution in [0, 0.1) is 6.92 Å². The van der Waals surface area contributed by atoms with Gasteiger partial charge < -0.3 is 10.6 Å². The van der Waals surface area contributed by atoms with Gasteiger partial charge in [-0.3, -0.25) is 10.3 Å². The third-order valence-corrected chi connectivity index (χ3v) is 3.79. The Balaban J connectivity index is 1.82. The van der Waals surface area contributed by atoms with Gasteiger partial charge in [-0.1, -0.05) is 13.8 Å². The zero-order valence-corrected chi connectivity index (χ0v) is 14.5. The minimum Gasteiger partial charge on any atom is -0.382 e. The van der Waals surface area contributed by atoms with E-state index in [0.29, 0.717) is 19.1 Å². The number of hydrogen-bond acceptors (Lipinski definition) is 4. The molecule has 0 aliphatic heterocycles. The highest BCUT2D eigenvalue weighted by Crippen LogP contribution is 2.21. The maximum Gasteiger partial charge on any atom is 0.320 e. The molecule has 0 saturated heterocycles. The van der Waals surface area contributed by atoms with Crippen molar-refractivity contribution in [2.75, 3.05) is 23.7 Å². The number of anilines is 2. The number of nitrogens with one attached hydrogen (secondary N) is 3. The lowest BCUT2D eigenvalue weighted by Crippen LogP contribution is -2.33. The summed E-state index contributed by atoms with van der Waals surface area (Å²) in [4.78, 5) is 16.1. The monoisotopic (exact) mass is 330 g/mol. The fourth-order valence-corrected chi connectivity index (χ4v) is 2.53.